The summed E-state index contributed by atoms with van der Waals surface area (Å²) in [4.78, 5) is 11.8. The highest BCUT2D eigenvalue weighted by molar-refractivity contribution is 5.83. The van der Waals surface area contributed by atoms with Crippen LogP contribution in [-0.4, -0.2) is 12.3 Å². The summed E-state index contributed by atoms with van der Waals surface area (Å²) in [5, 5.41) is 1.44. The molecule has 1 heterocycles. The van der Waals surface area contributed by atoms with E-state index < -0.39 is 41.3 Å². The third-order valence-electron chi connectivity index (χ3n) is 3.54. The zero-order chi connectivity index (χ0) is 20.4. The molecule has 144 valence electrons. The summed E-state index contributed by atoms with van der Waals surface area (Å²) in [5.74, 6) is -3.06. The summed E-state index contributed by atoms with van der Waals surface area (Å²) in [6.07, 6.45) is -2.90. The molecule has 0 saturated heterocycles. The predicted molar refractivity (Wildman–Crippen MR) is 87.8 cm³/mol. The van der Waals surface area contributed by atoms with Crippen molar-refractivity contribution in [1.82, 2.24) is 5.32 Å². The quantitative estimate of drug-likeness (QED) is 0.413. The van der Waals surface area contributed by atoms with Gasteiger partial charge in [-0.25, -0.2) is 13.6 Å². The molecule has 0 aliphatic rings. The van der Waals surface area contributed by atoms with E-state index in [1.807, 2.05) is 0 Å². The Morgan fingerprint density at radius 3 is 2.52 bits per heavy atom. The molecule has 2 aromatic rings. The molecule has 1 N–H and O–H groups in total. The monoisotopic (exact) mass is 387 g/mol. The SMILES string of the molecule is C=C/C=C(\C=C)OC(=O)N[C@@H](c1oc2c(F)cc(F)cc2c1C)C(F)(F)F. The van der Waals surface area contributed by atoms with Gasteiger partial charge in [-0.3, -0.25) is 0 Å². The van der Waals surface area contributed by atoms with Crippen molar-refractivity contribution in [3.05, 3.63) is 72.2 Å². The standard InChI is InChI=1S/C18H14F5NO3/c1-4-6-11(5-2)26-17(25)24-16(18(21,22)23)14-9(3)12-7-10(19)8-13(20)15(12)27-14/h4-8,16H,1-2H2,3H3,(H,24,25)/b11-6+/t16-/m0/s1. The lowest BCUT2D eigenvalue weighted by Crippen LogP contribution is -2.38. The molecular weight excluding hydrogens is 373 g/mol. The number of halogens is 5. The Kier molecular flexibility index (Phi) is 5.72. The number of rotatable bonds is 5. The molecule has 27 heavy (non-hydrogen) atoms. The van der Waals surface area contributed by atoms with Gasteiger partial charge >= 0.3 is 12.3 Å². The van der Waals surface area contributed by atoms with E-state index in [0.717, 1.165) is 12.1 Å². The molecular formula is C18H14F5NO3. The van der Waals surface area contributed by atoms with Gasteiger partial charge in [-0.05, 0) is 25.1 Å². The van der Waals surface area contributed by atoms with Crippen LogP contribution in [0.2, 0.25) is 0 Å². The number of benzene rings is 1. The average molecular weight is 387 g/mol. The highest BCUT2D eigenvalue weighted by atomic mass is 19.4. The van der Waals surface area contributed by atoms with Crippen LogP contribution < -0.4 is 5.32 Å². The van der Waals surface area contributed by atoms with Gasteiger partial charge in [-0.1, -0.05) is 19.2 Å². The first kappa shape index (κ1) is 20.2. The van der Waals surface area contributed by atoms with Gasteiger partial charge in [0.05, 0.1) is 0 Å². The lowest BCUT2D eigenvalue weighted by Gasteiger charge is -2.20. The molecule has 0 fully saturated rings. The van der Waals surface area contributed by atoms with Crippen molar-refractivity contribution >= 4 is 17.1 Å². The number of nitrogens with one attached hydrogen (secondary N) is 1. The van der Waals surface area contributed by atoms with Gasteiger partial charge in [0.1, 0.15) is 17.3 Å². The number of hydrogen-bond donors (Lipinski definition) is 1. The molecule has 0 aliphatic carbocycles. The number of furan rings is 1. The van der Waals surface area contributed by atoms with E-state index in [1.165, 1.54) is 19.1 Å². The van der Waals surface area contributed by atoms with Crippen molar-refractivity contribution in [2.45, 2.75) is 19.1 Å². The van der Waals surface area contributed by atoms with Crippen LogP contribution in [0.4, 0.5) is 26.7 Å². The highest BCUT2D eigenvalue weighted by Gasteiger charge is 2.46. The molecule has 0 bridgehead atoms. The van der Waals surface area contributed by atoms with Crippen molar-refractivity contribution in [3.63, 3.8) is 0 Å². The molecule has 0 radical (unpaired) electrons. The van der Waals surface area contributed by atoms with Crippen LogP contribution in [-0.2, 0) is 4.74 Å². The lowest BCUT2D eigenvalue weighted by molar-refractivity contribution is -0.159. The fourth-order valence-corrected chi connectivity index (χ4v) is 2.35. The molecule has 1 atom stereocenters. The Balaban J connectivity index is 2.45. The minimum atomic E-state index is -5.00. The van der Waals surface area contributed by atoms with Crippen LogP contribution in [0.25, 0.3) is 11.0 Å². The summed E-state index contributed by atoms with van der Waals surface area (Å²) in [5.41, 5.74) is -0.719. The maximum atomic E-state index is 13.8. The smallest absolute Gasteiger partial charge is 0.416 e. The average Bonchev–Trinajstić information content (AvgIpc) is 2.88. The van der Waals surface area contributed by atoms with Crippen LogP contribution in [0.3, 0.4) is 0 Å². The number of aryl methyl sites for hydroxylation is 1. The first-order valence-corrected chi connectivity index (χ1v) is 7.46. The summed E-state index contributed by atoms with van der Waals surface area (Å²) in [7, 11) is 0. The van der Waals surface area contributed by atoms with Crippen molar-refractivity contribution in [2.24, 2.45) is 0 Å². The molecule has 1 aromatic carbocycles. The van der Waals surface area contributed by atoms with Crippen molar-refractivity contribution in [1.29, 1.82) is 0 Å². The van der Waals surface area contributed by atoms with Crippen LogP contribution in [0, 0.1) is 18.6 Å². The number of allylic oxidation sites excluding steroid dienone is 3. The number of carbonyl (C=O) groups is 1. The summed E-state index contributed by atoms with van der Waals surface area (Å²) in [6, 6.07) is -1.32. The van der Waals surface area contributed by atoms with E-state index in [2.05, 4.69) is 13.2 Å². The van der Waals surface area contributed by atoms with E-state index >= 15 is 0 Å². The van der Waals surface area contributed by atoms with E-state index in [1.54, 1.807) is 5.32 Å². The van der Waals surface area contributed by atoms with E-state index in [-0.39, 0.29) is 16.7 Å². The van der Waals surface area contributed by atoms with Gasteiger partial charge in [0.2, 0.25) is 0 Å². The predicted octanol–water partition coefficient (Wildman–Crippen LogP) is 5.60. The first-order chi connectivity index (χ1) is 12.6. The van der Waals surface area contributed by atoms with Gasteiger partial charge in [-0.2, -0.15) is 13.2 Å². The lowest BCUT2D eigenvalue weighted by atomic mass is 10.1. The molecule has 0 saturated carbocycles. The molecule has 9 heteroatoms. The Bertz CT molecular complexity index is 927. The highest BCUT2D eigenvalue weighted by Crippen LogP contribution is 2.39. The Morgan fingerprint density at radius 1 is 1.30 bits per heavy atom. The number of hydrogen-bond acceptors (Lipinski definition) is 3. The third kappa shape index (κ3) is 4.36. The molecule has 1 aromatic heterocycles. The minimum absolute atomic E-state index is 0.141. The van der Waals surface area contributed by atoms with Crippen LogP contribution in [0.1, 0.15) is 17.4 Å². The fourth-order valence-electron chi connectivity index (χ4n) is 2.35. The number of alkyl halides is 3. The van der Waals surface area contributed by atoms with Gasteiger partial charge < -0.3 is 14.5 Å². The topological polar surface area (TPSA) is 51.5 Å². The normalized spacial score (nSPS) is 13.3. The summed E-state index contributed by atoms with van der Waals surface area (Å²) in [6.45, 7) is 7.89. The second-order valence-electron chi connectivity index (χ2n) is 5.37. The summed E-state index contributed by atoms with van der Waals surface area (Å²) >= 11 is 0. The summed E-state index contributed by atoms with van der Waals surface area (Å²) < 4.78 is 77.3. The largest absolute Gasteiger partial charge is 0.455 e. The van der Waals surface area contributed by atoms with Gasteiger partial charge in [-0.15, -0.1) is 0 Å². The molecule has 0 unspecified atom stereocenters. The molecule has 1 amide bonds. The second kappa shape index (κ2) is 7.65. The zero-order valence-electron chi connectivity index (χ0n) is 14.0. The van der Waals surface area contributed by atoms with Crippen LogP contribution in [0.15, 0.2) is 53.7 Å². The van der Waals surface area contributed by atoms with Crippen molar-refractivity contribution in [2.75, 3.05) is 0 Å². The van der Waals surface area contributed by atoms with Gasteiger partial charge in [0.25, 0.3) is 0 Å². The third-order valence-corrected chi connectivity index (χ3v) is 3.54. The minimum Gasteiger partial charge on any atom is -0.455 e. The number of alkyl carbamates (subject to hydrolysis) is 1. The van der Waals surface area contributed by atoms with Gasteiger partial charge in [0.15, 0.2) is 17.4 Å². The van der Waals surface area contributed by atoms with Crippen molar-refractivity contribution < 1.29 is 35.9 Å². The number of amides is 1. The van der Waals surface area contributed by atoms with E-state index in [4.69, 9.17) is 9.15 Å². The maximum Gasteiger partial charge on any atom is 0.416 e. The molecule has 0 aliphatic heterocycles. The van der Waals surface area contributed by atoms with E-state index in [9.17, 15) is 26.7 Å². The zero-order valence-corrected chi connectivity index (χ0v) is 14.0. The number of ether oxygens (including phenoxy) is 1. The second-order valence-corrected chi connectivity index (χ2v) is 5.37. The van der Waals surface area contributed by atoms with Crippen LogP contribution >= 0.6 is 0 Å². The number of fused-ring (bicyclic) bond motifs is 1. The molecule has 2 rings (SSSR count). The van der Waals surface area contributed by atoms with Gasteiger partial charge in [0, 0.05) is 17.0 Å². The maximum absolute atomic E-state index is 13.8. The van der Waals surface area contributed by atoms with E-state index in [0.29, 0.717) is 6.07 Å². The molecule has 4 nitrogen and oxygen atoms in total. The first-order valence-electron chi connectivity index (χ1n) is 7.46. The Morgan fingerprint density at radius 2 is 1.96 bits per heavy atom. The molecule has 0 spiro atoms. The number of carbonyl (C=O) groups excluding carboxylic acids is 1. The Labute approximate surface area is 150 Å². The Hall–Kier alpha value is -3.10. The van der Waals surface area contributed by atoms with Crippen LogP contribution in [0.5, 0.6) is 0 Å². The fraction of sp³-hybridized carbons (Fsp3) is 0.167. The van der Waals surface area contributed by atoms with Crippen molar-refractivity contribution in [3.8, 4) is 0 Å².